The predicted octanol–water partition coefficient (Wildman–Crippen LogP) is 3.73. The van der Waals surface area contributed by atoms with Gasteiger partial charge >= 0.3 is 8.80 Å². The molecule has 0 amide bonds. The van der Waals surface area contributed by atoms with E-state index >= 15 is 0 Å². The normalized spacial score (nSPS) is 13.4. The summed E-state index contributed by atoms with van der Waals surface area (Å²) in [5.41, 5.74) is 0.869. The fourth-order valence-corrected chi connectivity index (χ4v) is 4.32. The number of hydrogen-bond donors (Lipinski definition) is 0. The number of ether oxygens (including phenoxy) is 1. The summed E-state index contributed by atoms with van der Waals surface area (Å²) >= 11 is 0. The summed E-state index contributed by atoms with van der Waals surface area (Å²) in [5, 5.41) is 0. The molecule has 0 aromatic heterocycles. The minimum atomic E-state index is -2.75. The molecule has 4 nitrogen and oxygen atoms in total. The highest BCUT2D eigenvalue weighted by atomic mass is 28.4. The SMILES string of the molecule is C=C(C)COC(CCCCCCC)[Si](OC)(OC)OC. The molecule has 0 N–H and O–H groups in total. The van der Waals surface area contributed by atoms with Crippen LogP contribution in [0.25, 0.3) is 0 Å². The van der Waals surface area contributed by atoms with E-state index < -0.39 is 8.80 Å². The smallest absolute Gasteiger partial charge is 0.375 e. The van der Waals surface area contributed by atoms with Crippen molar-refractivity contribution in [2.45, 2.75) is 58.1 Å². The molecule has 0 saturated carbocycles. The lowest BCUT2D eigenvalue weighted by atomic mass is 10.1. The lowest BCUT2D eigenvalue weighted by Crippen LogP contribution is -2.55. The van der Waals surface area contributed by atoms with E-state index in [1.165, 1.54) is 25.7 Å². The Morgan fingerprint density at radius 1 is 1.00 bits per heavy atom. The average molecular weight is 305 g/mol. The lowest BCUT2D eigenvalue weighted by Gasteiger charge is -2.32. The van der Waals surface area contributed by atoms with Crippen LogP contribution in [-0.2, 0) is 18.0 Å². The Hall–Kier alpha value is -0.203. The monoisotopic (exact) mass is 304 g/mol. The number of hydrogen-bond acceptors (Lipinski definition) is 4. The second kappa shape index (κ2) is 11.5. The van der Waals surface area contributed by atoms with Crippen molar-refractivity contribution in [3.63, 3.8) is 0 Å². The van der Waals surface area contributed by atoms with Gasteiger partial charge in [-0.15, -0.1) is 0 Å². The first kappa shape index (κ1) is 19.8. The highest BCUT2D eigenvalue weighted by Crippen LogP contribution is 2.21. The molecule has 0 fully saturated rings. The lowest BCUT2D eigenvalue weighted by molar-refractivity contribution is 0.0167. The van der Waals surface area contributed by atoms with Crippen LogP contribution < -0.4 is 0 Å². The molecule has 5 heteroatoms. The quantitative estimate of drug-likeness (QED) is 0.295. The van der Waals surface area contributed by atoms with Gasteiger partial charge in [0.25, 0.3) is 0 Å². The van der Waals surface area contributed by atoms with Crippen LogP contribution in [0, 0.1) is 0 Å². The zero-order chi connectivity index (χ0) is 15.4. The van der Waals surface area contributed by atoms with E-state index in [9.17, 15) is 0 Å². The van der Waals surface area contributed by atoms with Gasteiger partial charge < -0.3 is 18.0 Å². The van der Waals surface area contributed by atoms with E-state index in [1.807, 2.05) is 6.92 Å². The molecule has 20 heavy (non-hydrogen) atoms. The van der Waals surface area contributed by atoms with Crippen molar-refractivity contribution in [3.8, 4) is 0 Å². The average Bonchev–Trinajstić information content (AvgIpc) is 2.45. The molecule has 0 aliphatic rings. The van der Waals surface area contributed by atoms with E-state index in [0.29, 0.717) is 6.61 Å². The third-order valence-corrected chi connectivity index (χ3v) is 6.30. The van der Waals surface area contributed by atoms with Gasteiger partial charge in [-0.2, -0.15) is 0 Å². The maximum atomic E-state index is 5.94. The van der Waals surface area contributed by atoms with Crippen LogP contribution >= 0.6 is 0 Å². The first-order valence-electron chi connectivity index (χ1n) is 7.47. The highest BCUT2D eigenvalue weighted by Gasteiger charge is 2.48. The standard InChI is InChI=1S/C15H32O4Si/c1-7-8-9-10-11-12-15(19-13-14(2)3)20(16-4,17-5)18-6/h15H,2,7-13H2,1,3-6H3. The largest absolute Gasteiger partial charge is 0.530 e. The maximum Gasteiger partial charge on any atom is 0.530 e. The number of rotatable bonds is 13. The summed E-state index contributed by atoms with van der Waals surface area (Å²) in [6, 6.07) is 0. The highest BCUT2D eigenvalue weighted by molar-refractivity contribution is 6.62. The van der Waals surface area contributed by atoms with Crippen molar-refractivity contribution in [1.29, 1.82) is 0 Å². The van der Waals surface area contributed by atoms with Gasteiger partial charge in [-0.25, -0.2) is 0 Å². The molecule has 0 aliphatic carbocycles. The predicted molar refractivity (Wildman–Crippen MR) is 84.7 cm³/mol. The Bertz CT molecular complexity index is 246. The molecule has 0 radical (unpaired) electrons. The van der Waals surface area contributed by atoms with Gasteiger partial charge in [0, 0.05) is 21.3 Å². The third-order valence-electron chi connectivity index (χ3n) is 3.35. The fraction of sp³-hybridized carbons (Fsp3) is 0.867. The zero-order valence-corrected chi connectivity index (χ0v) is 14.9. The molecular formula is C15H32O4Si. The van der Waals surface area contributed by atoms with Gasteiger partial charge in [0.05, 0.1) is 6.61 Å². The zero-order valence-electron chi connectivity index (χ0n) is 13.9. The molecule has 0 rings (SSSR count). The van der Waals surface area contributed by atoms with Crippen molar-refractivity contribution >= 4 is 8.80 Å². The van der Waals surface area contributed by atoms with E-state index in [4.69, 9.17) is 18.0 Å². The van der Waals surface area contributed by atoms with Crippen LogP contribution in [0.2, 0.25) is 0 Å². The van der Waals surface area contributed by atoms with Crippen LogP contribution in [0.5, 0.6) is 0 Å². The van der Waals surface area contributed by atoms with E-state index in [-0.39, 0.29) is 5.73 Å². The van der Waals surface area contributed by atoms with Crippen molar-refractivity contribution in [2.24, 2.45) is 0 Å². The van der Waals surface area contributed by atoms with Crippen LogP contribution in [0.1, 0.15) is 52.4 Å². The summed E-state index contributed by atoms with van der Waals surface area (Å²) in [6.45, 7) is 8.57. The first-order chi connectivity index (χ1) is 9.56. The summed E-state index contributed by atoms with van der Waals surface area (Å²) in [4.78, 5) is 0. The second-order valence-corrected chi connectivity index (χ2v) is 8.25. The molecule has 0 heterocycles. The molecule has 0 aromatic carbocycles. The molecule has 0 aliphatic heterocycles. The van der Waals surface area contributed by atoms with Crippen LogP contribution in [0.15, 0.2) is 12.2 Å². The van der Waals surface area contributed by atoms with Gasteiger partial charge in [-0.1, -0.05) is 51.2 Å². The van der Waals surface area contributed by atoms with Crippen molar-refractivity contribution < 1.29 is 18.0 Å². The molecular weight excluding hydrogens is 272 g/mol. The minimum Gasteiger partial charge on any atom is -0.375 e. The Kier molecular flexibility index (Phi) is 11.3. The van der Waals surface area contributed by atoms with Gasteiger partial charge in [0.2, 0.25) is 0 Å². The van der Waals surface area contributed by atoms with Crippen molar-refractivity contribution in [3.05, 3.63) is 12.2 Å². The summed E-state index contributed by atoms with van der Waals surface area (Å²) < 4.78 is 22.6. The molecule has 0 spiro atoms. The summed E-state index contributed by atoms with van der Waals surface area (Å²) in [5.74, 6) is 0. The third kappa shape index (κ3) is 6.99. The molecule has 0 saturated heterocycles. The van der Waals surface area contributed by atoms with E-state index in [0.717, 1.165) is 18.4 Å². The topological polar surface area (TPSA) is 36.9 Å². The van der Waals surface area contributed by atoms with Gasteiger partial charge in [-0.05, 0) is 13.3 Å². The molecule has 0 bridgehead atoms. The van der Waals surface area contributed by atoms with Crippen molar-refractivity contribution in [1.82, 2.24) is 0 Å². The van der Waals surface area contributed by atoms with Crippen molar-refractivity contribution in [2.75, 3.05) is 27.9 Å². The van der Waals surface area contributed by atoms with Gasteiger partial charge in [-0.3, -0.25) is 0 Å². The minimum absolute atomic E-state index is 0.124. The van der Waals surface area contributed by atoms with Gasteiger partial charge in [0.15, 0.2) is 0 Å². The summed E-state index contributed by atoms with van der Waals surface area (Å²) in [6.07, 6.45) is 7.03. The maximum absolute atomic E-state index is 5.94. The van der Waals surface area contributed by atoms with Crippen LogP contribution in [-0.4, -0.2) is 42.5 Å². The van der Waals surface area contributed by atoms with E-state index in [2.05, 4.69) is 13.5 Å². The Morgan fingerprint density at radius 2 is 1.55 bits per heavy atom. The molecule has 0 aromatic rings. The van der Waals surface area contributed by atoms with Crippen LogP contribution in [0.3, 0.4) is 0 Å². The fourth-order valence-electron chi connectivity index (χ4n) is 2.18. The Balaban J connectivity index is 4.49. The molecule has 120 valence electrons. The van der Waals surface area contributed by atoms with Gasteiger partial charge in [0.1, 0.15) is 5.73 Å². The Labute approximate surface area is 125 Å². The second-order valence-electron chi connectivity index (χ2n) is 5.18. The van der Waals surface area contributed by atoms with Crippen LogP contribution in [0.4, 0.5) is 0 Å². The first-order valence-corrected chi connectivity index (χ1v) is 9.27. The van der Waals surface area contributed by atoms with E-state index in [1.54, 1.807) is 21.3 Å². The number of unbranched alkanes of at least 4 members (excludes halogenated alkanes) is 4. The summed E-state index contributed by atoms with van der Waals surface area (Å²) in [7, 11) is 2.15. The molecule has 1 unspecified atom stereocenters. The Morgan fingerprint density at radius 3 is 2.00 bits per heavy atom. The molecule has 1 atom stereocenters.